The minimum atomic E-state index is -0.0873. The Balaban J connectivity index is 3.75. The van der Waals surface area contributed by atoms with E-state index >= 15 is 0 Å². The van der Waals surface area contributed by atoms with Crippen LogP contribution in [0.2, 0.25) is 0 Å². The molecule has 0 radical (unpaired) electrons. The van der Waals surface area contributed by atoms with Crippen molar-refractivity contribution in [3.05, 3.63) is 0 Å². The number of nitrogens with one attached hydrogen (secondary N) is 1. The average Bonchev–Trinajstić information content (AvgIpc) is 1.84. The predicted octanol–water partition coefficient (Wildman–Crippen LogP) is 2.14. The van der Waals surface area contributed by atoms with Crippen LogP contribution in [-0.4, -0.2) is 5.84 Å². The third kappa shape index (κ3) is 2.85. The van der Waals surface area contributed by atoms with Crippen LogP contribution >= 0.6 is 0 Å². The van der Waals surface area contributed by atoms with E-state index < -0.39 is 0 Å². The third-order valence-corrected chi connectivity index (χ3v) is 1.88. The predicted molar refractivity (Wildman–Crippen MR) is 45.2 cm³/mol. The van der Waals surface area contributed by atoms with E-state index in [1.54, 1.807) is 0 Å². The molecule has 0 saturated carbocycles. The van der Waals surface area contributed by atoms with E-state index in [-0.39, 0.29) is 5.41 Å². The summed E-state index contributed by atoms with van der Waals surface area (Å²) in [6.07, 6.45) is 3.36. The molecule has 0 aliphatic rings. The van der Waals surface area contributed by atoms with E-state index in [0.717, 1.165) is 12.8 Å². The molecular weight excluding hydrogens is 124 g/mol. The third-order valence-electron chi connectivity index (χ3n) is 1.88. The highest BCUT2D eigenvalue weighted by Crippen LogP contribution is 2.22. The van der Waals surface area contributed by atoms with Crippen LogP contribution in [0, 0.1) is 10.8 Å². The van der Waals surface area contributed by atoms with Gasteiger partial charge in [0, 0.05) is 5.41 Å². The lowest BCUT2D eigenvalue weighted by Crippen LogP contribution is -2.30. The van der Waals surface area contributed by atoms with E-state index in [2.05, 4.69) is 6.92 Å². The number of amidine groups is 1. The summed E-state index contributed by atoms with van der Waals surface area (Å²) in [7, 11) is 0. The van der Waals surface area contributed by atoms with Crippen molar-refractivity contribution in [2.45, 2.75) is 40.0 Å². The molecule has 0 amide bonds. The van der Waals surface area contributed by atoms with E-state index in [4.69, 9.17) is 11.1 Å². The molecule has 3 N–H and O–H groups in total. The van der Waals surface area contributed by atoms with Crippen molar-refractivity contribution in [3.63, 3.8) is 0 Å². The van der Waals surface area contributed by atoms with E-state index in [1.165, 1.54) is 6.42 Å². The van der Waals surface area contributed by atoms with Crippen LogP contribution in [0.3, 0.4) is 0 Å². The maximum Gasteiger partial charge on any atom is 0.0963 e. The molecule has 0 atom stereocenters. The van der Waals surface area contributed by atoms with Crippen LogP contribution in [0.1, 0.15) is 40.0 Å². The average molecular weight is 142 g/mol. The second-order valence-corrected chi connectivity index (χ2v) is 3.40. The molecule has 0 spiro atoms. The molecule has 0 aromatic rings. The molecule has 2 nitrogen and oxygen atoms in total. The summed E-state index contributed by atoms with van der Waals surface area (Å²) < 4.78 is 0. The molecule has 0 unspecified atom stereocenters. The zero-order chi connectivity index (χ0) is 8.20. The molecule has 0 aliphatic carbocycles. The quantitative estimate of drug-likeness (QED) is 0.458. The molecule has 60 valence electrons. The largest absolute Gasteiger partial charge is 0.387 e. The Hall–Kier alpha value is -0.530. The Morgan fingerprint density at radius 1 is 1.50 bits per heavy atom. The van der Waals surface area contributed by atoms with Crippen LogP contribution in [0.5, 0.6) is 0 Å². The SMILES string of the molecule is CCCCC(C)(C)C(=N)N. The fourth-order valence-corrected chi connectivity index (χ4v) is 0.753. The summed E-state index contributed by atoms with van der Waals surface area (Å²) in [5, 5.41) is 7.25. The van der Waals surface area contributed by atoms with Gasteiger partial charge in [-0.1, -0.05) is 33.6 Å². The summed E-state index contributed by atoms with van der Waals surface area (Å²) in [6, 6.07) is 0. The maximum absolute atomic E-state index is 7.25. The monoisotopic (exact) mass is 142 g/mol. The highest BCUT2D eigenvalue weighted by atomic mass is 14.7. The van der Waals surface area contributed by atoms with Gasteiger partial charge in [-0.15, -0.1) is 0 Å². The van der Waals surface area contributed by atoms with Crippen molar-refractivity contribution in [3.8, 4) is 0 Å². The number of hydrogen-bond acceptors (Lipinski definition) is 1. The van der Waals surface area contributed by atoms with Gasteiger partial charge in [0.05, 0.1) is 5.84 Å². The first kappa shape index (κ1) is 9.47. The Kier molecular flexibility index (Phi) is 3.40. The van der Waals surface area contributed by atoms with Gasteiger partial charge in [-0.25, -0.2) is 0 Å². The number of hydrogen-bond donors (Lipinski definition) is 2. The first-order valence-corrected chi connectivity index (χ1v) is 3.85. The fraction of sp³-hybridized carbons (Fsp3) is 0.875. The second kappa shape index (κ2) is 3.59. The molecule has 0 saturated heterocycles. The lowest BCUT2D eigenvalue weighted by atomic mass is 9.86. The zero-order valence-corrected chi connectivity index (χ0v) is 7.20. The van der Waals surface area contributed by atoms with E-state index in [1.807, 2.05) is 13.8 Å². The van der Waals surface area contributed by atoms with Gasteiger partial charge in [-0.05, 0) is 6.42 Å². The summed E-state index contributed by atoms with van der Waals surface area (Å²) in [4.78, 5) is 0. The van der Waals surface area contributed by atoms with Crippen molar-refractivity contribution in [1.82, 2.24) is 0 Å². The fourth-order valence-electron chi connectivity index (χ4n) is 0.753. The molecule has 0 bridgehead atoms. The summed E-state index contributed by atoms with van der Waals surface area (Å²) in [5.41, 5.74) is 5.31. The molecule has 0 heterocycles. The standard InChI is InChI=1S/C8H18N2/c1-4-5-6-8(2,3)7(9)10/h4-6H2,1-3H3,(H3,9,10). The second-order valence-electron chi connectivity index (χ2n) is 3.40. The molecule has 0 aliphatic heterocycles. The van der Waals surface area contributed by atoms with Gasteiger partial charge in [0.15, 0.2) is 0 Å². The number of unbranched alkanes of at least 4 members (excludes halogenated alkanes) is 1. The summed E-state index contributed by atoms with van der Waals surface area (Å²) >= 11 is 0. The minimum Gasteiger partial charge on any atom is -0.387 e. The van der Waals surface area contributed by atoms with E-state index in [9.17, 15) is 0 Å². The summed E-state index contributed by atoms with van der Waals surface area (Å²) in [5.74, 6) is 0.306. The topological polar surface area (TPSA) is 49.9 Å². The van der Waals surface area contributed by atoms with Crippen LogP contribution in [-0.2, 0) is 0 Å². The smallest absolute Gasteiger partial charge is 0.0963 e. The van der Waals surface area contributed by atoms with Gasteiger partial charge < -0.3 is 5.73 Å². The van der Waals surface area contributed by atoms with Crippen LogP contribution in [0.15, 0.2) is 0 Å². The van der Waals surface area contributed by atoms with Crippen LogP contribution in [0.4, 0.5) is 0 Å². The van der Waals surface area contributed by atoms with Crippen molar-refractivity contribution in [1.29, 1.82) is 5.41 Å². The highest BCUT2D eigenvalue weighted by molar-refractivity contribution is 5.82. The number of rotatable bonds is 4. The molecule has 0 aromatic heterocycles. The molecule has 0 aromatic carbocycles. The van der Waals surface area contributed by atoms with Gasteiger partial charge in [-0.2, -0.15) is 0 Å². The zero-order valence-electron chi connectivity index (χ0n) is 7.20. The summed E-state index contributed by atoms with van der Waals surface area (Å²) in [6.45, 7) is 6.19. The lowest BCUT2D eigenvalue weighted by molar-refractivity contribution is 0.447. The van der Waals surface area contributed by atoms with Gasteiger partial charge in [0.2, 0.25) is 0 Å². The van der Waals surface area contributed by atoms with Gasteiger partial charge in [0.1, 0.15) is 0 Å². The number of nitrogens with two attached hydrogens (primary N) is 1. The van der Waals surface area contributed by atoms with Crippen molar-refractivity contribution >= 4 is 5.84 Å². The van der Waals surface area contributed by atoms with Crippen molar-refractivity contribution in [2.24, 2.45) is 11.1 Å². The molecule has 2 heteroatoms. The van der Waals surface area contributed by atoms with Gasteiger partial charge >= 0.3 is 0 Å². The van der Waals surface area contributed by atoms with Gasteiger partial charge in [-0.3, -0.25) is 5.41 Å². The first-order chi connectivity index (χ1) is 4.50. The van der Waals surface area contributed by atoms with Crippen molar-refractivity contribution < 1.29 is 0 Å². The van der Waals surface area contributed by atoms with Crippen molar-refractivity contribution in [2.75, 3.05) is 0 Å². The van der Waals surface area contributed by atoms with Crippen LogP contribution < -0.4 is 5.73 Å². The first-order valence-electron chi connectivity index (χ1n) is 3.85. The minimum absolute atomic E-state index is 0.0873. The Morgan fingerprint density at radius 3 is 2.30 bits per heavy atom. The van der Waals surface area contributed by atoms with E-state index in [0.29, 0.717) is 5.84 Å². The maximum atomic E-state index is 7.25. The molecule has 0 fully saturated rings. The molecule has 10 heavy (non-hydrogen) atoms. The Bertz CT molecular complexity index is 116. The molecule has 0 rings (SSSR count). The Morgan fingerprint density at radius 2 is 2.00 bits per heavy atom. The lowest BCUT2D eigenvalue weighted by Gasteiger charge is -2.21. The van der Waals surface area contributed by atoms with Crippen LogP contribution in [0.25, 0.3) is 0 Å². The Labute approximate surface area is 63.3 Å². The molecular formula is C8H18N2. The van der Waals surface area contributed by atoms with Gasteiger partial charge in [0.25, 0.3) is 0 Å². The normalized spacial score (nSPS) is 11.5. The highest BCUT2D eigenvalue weighted by Gasteiger charge is 2.19.